The van der Waals surface area contributed by atoms with E-state index >= 15 is 0 Å². The van der Waals surface area contributed by atoms with Crippen molar-refractivity contribution in [1.29, 1.82) is 0 Å². The Morgan fingerprint density at radius 2 is 2.03 bits per heavy atom. The summed E-state index contributed by atoms with van der Waals surface area (Å²) in [5, 5.41) is 7.44. The number of guanidine groups is 1. The van der Waals surface area contributed by atoms with Gasteiger partial charge < -0.3 is 24.2 Å². The van der Waals surface area contributed by atoms with Crippen LogP contribution in [0.1, 0.15) is 23.7 Å². The largest absolute Gasteiger partial charge is 0.493 e. The van der Waals surface area contributed by atoms with E-state index in [9.17, 15) is 0 Å². The molecule has 2 aromatic rings. The fraction of sp³-hybridized carbons (Fsp3) is 0.478. The lowest BCUT2D eigenvalue weighted by molar-refractivity contribution is 0.169. The summed E-state index contributed by atoms with van der Waals surface area (Å²) in [6.07, 6.45) is 4.20. The van der Waals surface area contributed by atoms with Crippen LogP contribution in [-0.4, -0.2) is 67.9 Å². The Balaban J connectivity index is 0.00000363. The molecule has 0 radical (unpaired) electrons. The summed E-state index contributed by atoms with van der Waals surface area (Å²) in [6.45, 7) is 11.9. The first kappa shape index (κ1) is 26.0. The zero-order chi connectivity index (χ0) is 22.1. The van der Waals surface area contributed by atoms with Crippen LogP contribution in [0.2, 0.25) is 0 Å². The number of piperazine rings is 1. The van der Waals surface area contributed by atoms with Gasteiger partial charge in [-0.25, -0.2) is 4.99 Å². The molecule has 9 heteroatoms. The maximum absolute atomic E-state index is 5.54. The molecule has 0 aliphatic carbocycles. The third-order valence-corrected chi connectivity index (χ3v) is 5.27. The van der Waals surface area contributed by atoms with Gasteiger partial charge in [0.2, 0.25) is 0 Å². The maximum Gasteiger partial charge on any atom is 0.194 e. The third-order valence-electron chi connectivity index (χ3n) is 5.27. The normalized spacial score (nSPS) is 14.6. The number of aromatic nitrogens is 1. The SMILES string of the molecule is C=CCc1cc(CN=C(NCC)N2CCN(Cc3ccon3)CC2)cc(OC)c1OC.I. The van der Waals surface area contributed by atoms with Crippen molar-refractivity contribution in [3.8, 4) is 11.5 Å². The molecule has 1 aromatic carbocycles. The molecule has 2 heterocycles. The van der Waals surface area contributed by atoms with Crippen LogP contribution in [0.4, 0.5) is 0 Å². The van der Waals surface area contributed by atoms with Gasteiger partial charge in [0.05, 0.1) is 26.5 Å². The summed E-state index contributed by atoms with van der Waals surface area (Å²) >= 11 is 0. The van der Waals surface area contributed by atoms with Crippen molar-refractivity contribution >= 4 is 29.9 Å². The molecule has 1 aliphatic rings. The molecule has 3 rings (SSSR count). The van der Waals surface area contributed by atoms with Crippen molar-refractivity contribution in [1.82, 2.24) is 20.3 Å². The highest BCUT2D eigenvalue weighted by molar-refractivity contribution is 14.0. The highest BCUT2D eigenvalue weighted by Crippen LogP contribution is 2.33. The highest BCUT2D eigenvalue weighted by Gasteiger charge is 2.20. The van der Waals surface area contributed by atoms with E-state index in [1.807, 2.05) is 18.2 Å². The number of allylic oxidation sites excluding steroid dienone is 1. The Morgan fingerprint density at radius 3 is 2.62 bits per heavy atom. The van der Waals surface area contributed by atoms with E-state index in [0.717, 1.165) is 73.5 Å². The Morgan fingerprint density at radius 1 is 1.25 bits per heavy atom. The fourth-order valence-corrected chi connectivity index (χ4v) is 3.76. The first-order valence-corrected chi connectivity index (χ1v) is 10.7. The molecule has 0 saturated carbocycles. The Labute approximate surface area is 207 Å². The minimum absolute atomic E-state index is 0. The van der Waals surface area contributed by atoms with Crippen LogP contribution in [0.5, 0.6) is 11.5 Å². The number of methoxy groups -OCH3 is 2. The summed E-state index contributed by atoms with van der Waals surface area (Å²) in [7, 11) is 3.32. The van der Waals surface area contributed by atoms with Crippen LogP contribution in [0.25, 0.3) is 0 Å². The second-order valence-electron chi connectivity index (χ2n) is 7.41. The van der Waals surface area contributed by atoms with E-state index in [1.165, 1.54) is 0 Å². The van der Waals surface area contributed by atoms with Crippen molar-refractivity contribution in [3.63, 3.8) is 0 Å². The molecule has 1 N–H and O–H groups in total. The van der Waals surface area contributed by atoms with E-state index < -0.39 is 0 Å². The Hall–Kier alpha value is -2.27. The van der Waals surface area contributed by atoms with Crippen molar-refractivity contribution in [2.24, 2.45) is 4.99 Å². The maximum atomic E-state index is 5.54. The number of rotatable bonds is 9. The van der Waals surface area contributed by atoms with E-state index in [2.05, 4.69) is 39.8 Å². The zero-order valence-corrected chi connectivity index (χ0v) is 21.5. The molecule has 1 fully saturated rings. The molecule has 176 valence electrons. The Kier molecular flexibility index (Phi) is 10.8. The molecular formula is C23H34IN5O3. The molecule has 1 aliphatic heterocycles. The van der Waals surface area contributed by atoms with Gasteiger partial charge in [-0.15, -0.1) is 30.6 Å². The van der Waals surface area contributed by atoms with Crippen molar-refractivity contribution in [2.45, 2.75) is 26.4 Å². The number of aliphatic imine (C=N–C) groups is 1. The smallest absolute Gasteiger partial charge is 0.194 e. The van der Waals surface area contributed by atoms with Gasteiger partial charge in [0.1, 0.15) is 6.26 Å². The molecule has 8 nitrogen and oxygen atoms in total. The molecule has 0 atom stereocenters. The lowest BCUT2D eigenvalue weighted by atomic mass is 10.1. The van der Waals surface area contributed by atoms with Gasteiger partial charge in [0.25, 0.3) is 0 Å². The number of nitrogens with zero attached hydrogens (tertiary/aromatic N) is 4. The van der Waals surface area contributed by atoms with Gasteiger partial charge in [-0.05, 0) is 31.0 Å². The van der Waals surface area contributed by atoms with Crippen LogP contribution in [0.3, 0.4) is 0 Å². The number of nitrogens with one attached hydrogen (secondary N) is 1. The lowest BCUT2D eigenvalue weighted by Crippen LogP contribution is -2.52. The quantitative estimate of drug-likeness (QED) is 0.220. The van der Waals surface area contributed by atoms with Gasteiger partial charge in [0.15, 0.2) is 17.5 Å². The van der Waals surface area contributed by atoms with Crippen LogP contribution in [0.15, 0.2) is 46.6 Å². The molecule has 0 amide bonds. The number of ether oxygens (including phenoxy) is 2. The standard InChI is InChI=1S/C23H33N5O3.HI/c1-5-7-19-14-18(15-21(29-3)22(19)30-4)16-25-23(24-6-2)28-11-9-27(10-12-28)17-20-8-13-31-26-20;/h5,8,13-15H,1,6-7,9-12,16-17H2,2-4H3,(H,24,25);1H. The first-order valence-electron chi connectivity index (χ1n) is 10.7. The number of halogens is 1. The number of hydrogen-bond acceptors (Lipinski definition) is 6. The first-order chi connectivity index (χ1) is 15.2. The molecular weight excluding hydrogens is 521 g/mol. The lowest BCUT2D eigenvalue weighted by Gasteiger charge is -2.36. The predicted molar refractivity (Wildman–Crippen MR) is 137 cm³/mol. The number of hydrogen-bond donors (Lipinski definition) is 1. The van der Waals surface area contributed by atoms with Gasteiger partial charge >= 0.3 is 0 Å². The highest BCUT2D eigenvalue weighted by atomic mass is 127. The topological polar surface area (TPSA) is 75.4 Å². The van der Waals surface area contributed by atoms with Crippen LogP contribution in [-0.2, 0) is 19.5 Å². The fourth-order valence-electron chi connectivity index (χ4n) is 3.76. The second kappa shape index (κ2) is 13.3. The van der Waals surface area contributed by atoms with Crippen molar-refractivity contribution in [3.05, 3.63) is 53.9 Å². The Bertz CT molecular complexity index is 865. The zero-order valence-electron chi connectivity index (χ0n) is 19.2. The number of benzene rings is 1. The van der Waals surface area contributed by atoms with E-state index in [1.54, 1.807) is 20.5 Å². The minimum Gasteiger partial charge on any atom is -0.493 e. The van der Waals surface area contributed by atoms with E-state index in [0.29, 0.717) is 13.0 Å². The predicted octanol–water partition coefficient (Wildman–Crippen LogP) is 3.32. The van der Waals surface area contributed by atoms with E-state index in [4.69, 9.17) is 19.0 Å². The molecule has 32 heavy (non-hydrogen) atoms. The van der Waals surface area contributed by atoms with Crippen LogP contribution >= 0.6 is 24.0 Å². The van der Waals surface area contributed by atoms with Gasteiger partial charge in [0, 0.05) is 50.9 Å². The molecule has 0 spiro atoms. The molecule has 1 saturated heterocycles. The van der Waals surface area contributed by atoms with Crippen LogP contribution in [0, 0.1) is 0 Å². The third kappa shape index (κ3) is 6.86. The average molecular weight is 555 g/mol. The summed E-state index contributed by atoms with van der Waals surface area (Å²) in [4.78, 5) is 9.60. The summed E-state index contributed by atoms with van der Waals surface area (Å²) in [6, 6.07) is 6.03. The van der Waals surface area contributed by atoms with Gasteiger partial charge in [-0.1, -0.05) is 11.2 Å². The van der Waals surface area contributed by atoms with Gasteiger partial charge in [-0.3, -0.25) is 4.90 Å². The minimum atomic E-state index is 0. The monoisotopic (exact) mass is 555 g/mol. The molecule has 0 unspecified atom stereocenters. The van der Waals surface area contributed by atoms with Gasteiger partial charge in [-0.2, -0.15) is 0 Å². The second-order valence-corrected chi connectivity index (χ2v) is 7.41. The molecule has 1 aromatic heterocycles. The van der Waals surface area contributed by atoms with Crippen LogP contribution < -0.4 is 14.8 Å². The van der Waals surface area contributed by atoms with E-state index in [-0.39, 0.29) is 24.0 Å². The van der Waals surface area contributed by atoms with Crippen molar-refractivity contribution in [2.75, 3.05) is 46.9 Å². The summed E-state index contributed by atoms with van der Waals surface area (Å²) in [5.74, 6) is 2.41. The molecule has 0 bridgehead atoms. The summed E-state index contributed by atoms with van der Waals surface area (Å²) in [5.41, 5.74) is 3.10. The average Bonchev–Trinajstić information content (AvgIpc) is 3.30. The van der Waals surface area contributed by atoms with Crippen molar-refractivity contribution < 1.29 is 14.0 Å². The summed E-state index contributed by atoms with van der Waals surface area (Å²) < 4.78 is 16.0.